The lowest BCUT2D eigenvalue weighted by Crippen LogP contribution is -2.09. The minimum Gasteiger partial charge on any atom is -0.507 e. The predicted molar refractivity (Wildman–Crippen MR) is 94.9 cm³/mol. The summed E-state index contributed by atoms with van der Waals surface area (Å²) in [5.41, 5.74) is 0.798. The smallest absolute Gasteiger partial charge is 0.339 e. The average Bonchev–Trinajstić information content (AvgIpc) is 2.54. The zero-order chi connectivity index (χ0) is 18.4. The van der Waals surface area contributed by atoms with Crippen LogP contribution in [0, 0.1) is 0 Å². The number of aromatic carboxylic acids is 1. The van der Waals surface area contributed by atoms with Gasteiger partial charge in [-0.05, 0) is 55.8 Å². The lowest BCUT2D eigenvalue weighted by atomic mass is 10.1. The molecule has 25 heavy (non-hydrogen) atoms. The maximum absolute atomic E-state index is 12.0. The van der Waals surface area contributed by atoms with Gasteiger partial charge in [0.2, 0.25) is 5.91 Å². The molecule has 0 saturated carbocycles. The highest BCUT2D eigenvalue weighted by Crippen LogP contribution is 2.21. The first-order chi connectivity index (χ1) is 11.8. The fourth-order valence-corrected chi connectivity index (χ4v) is 2.10. The fourth-order valence-electron chi connectivity index (χ4n) is 2.10. The molecular formula is C19H19NO5. The Bertz CT molecular complexity index is 811. The second-order valence-electron chi connectivity index (χ2n) is 5.60. The van der Waals surface area contributed by atoms with Crippen molar-refractivity contribution in [3.05, 3.63) is 59.7 Å². The van der Waals surface area contributed by atoms with Gasteiger partial charge in [0.15, 0.2) is 0 Å². The minimum atomic E-state index is -1.27. The van der Waals surface area contributed by atoms with E-state index in [1.165, 1.54) is 24.3 Å². The Morgan fingerprint density at radius 3 is 2.60 bits per heavy atom. The molecule has 0 aliphatic rings. The quantitative estimate of drug-likeness (QED) is 0.552. The highest BCUT2D eigenvalue weighted by molar-refractivity contribution is 6.03. The molecule has 0 saturated heterocycles. The molecule has 0 bridgehead atoms. The van der Waals surface area contributed by atoms with Gasteiger partial charge in [-0.3, -0.25) is 4.79 Å². The standard InChI is InChI=1S/C19H19NO5/c1-12(2)25-15-5-3-4-13(10-15)6-9-18(22)20-14-7-8-17(21)16(11-14)19(23)24/h3-12,21H,1-2H3,(H,20,22)(H,23,24)/b9-6+. The first-order valence-corrected chi connectivity index (χ1v) is 7.67. The van der Waals surface area contributed by atoms with E-state index in [1.807, 2.05) is 38.1 Å². The fraction of sp³-hybridized carbons (Fsp3) is 0.158. The third-order valence-electron chi connectivity index (χ3n) is 3.15. The zero-order valence-corrected chi connectivity index (χ0v) is 13.9. The summed E-state index contributed by atoms with van der Waals surface area (Å²) in [6.07, 6.45) is 3.02. The number of benzene rings is 2. The molecule has 0 heterocycles. The van der Waals surface area contributed by atoms with Gasteiger partial charge in [-0.25, -0.2) is 4.79 Å². The summed E-state index contributed by atoms with van der Waals surface area (Å²) < 4.78 is 5.59. The number of rotatable bonds is 6. The minimum absolute atomic E-state index is 0.0560. The summed E-state index contributed by atoms with van der Waals surface area (Å²) in [7, 11) is 0. The van der Waals surface area contributed by atoms with Crippen molar-refractivity contribution in [2.45, 2.75) is 20.0 Å². The van der Waals surface area contributed by atoms with Crippen LogP contribution in [0.2, 0.25) is 0 Å². The Labute approximate surface area is 145 Å². The van der Waals surface area contributed by atoms with Crippen LogP contribution >= 0.6 is 0 Å². The van der Waals surface area contributed by atoms with Gasteiger partial charge < -0.3 is 20.3 Å². The second-order valence-corrected chi connectivity index (χ2v) is 5.60. The van der Waals surface area contributed by atoms with Gasteiger partial charge in [0.05, 0.1) is 6.10 Å². The number of carbonyl (C=O) groups is 2. The van der Waals surface area contributed by atoms with Gasteiger partial charge in [-0.1, -0.05) is 12.1 Å². The van der Waals surface area contributed by atoms with Crippen LogP contribution in [-0.4, -0.2) is 28.2 Å². The number of carbonyl (C=O) groups excluding carboxylic acids is 1. The van der Waals surface area contributed by atoms with Crippen LogP contribution in [0.15, 0.2) is 48.5 Å². The van der Waals surface area contributed by atoms with Gasteiger partial charge in [-0.15, -0.1) is 0 Å². The number of carboxylic acids is 1. The molecule has 6 nitrogen and oxygen atoms in total. The topological polar surface area (TPSA) is 95.9 Å². The Morgan fingerprint density at radius 1 is 1.16 bits per heavy atom. The van der Waals surface area contributed by atoms with Crippen molar-refractivity contribution in [1.82, 2.24) is 0 Å². The predicted octanol–water partition coefficient (Wildman–Crippen LogP) is 3.53. The van der Waals surface area contributed by atoms with E-state index in [9.17, 15) is 14.7 Å². The molecule has 0 spiro atoms. The molecule has 3 N–H and O–H groups in total. The van der Waals surface area contributed by atoms with Gasteiger partial charge in [0.1, 0.15) is 17.1 Å². The Hall–Kier alpha value is -3.28. The molecule has 2 aromatic rings. The first kappa shape index (κ1) is 18.1. The summed E-state index contributed by atoms with van der Waals surface area (Å²) in [6.45, 7) is 3.86. The van der Waals surface area contributed by atoms with Crippen LogP contribution < -0.4 is 10.1 Å². The normalized spacial score (nSPS) is 10.8. The van der Waals surface area contributed by atoms with Crippen LogP contribution in [-0.2, 0) is 4.79 Å². The lowest BCUT2D eigenvalue weighted by Gasteiger charge is -2.09. The SMILES string of the molecule is CC(C)Oc1cccc(/C=C/C(=O)Nc2ccc(O)c(C(=O)O)c2)c1. The van der Waals surface area contributed by atoms with E-state index >= 15 is 0 Å². The van der Waals surface area contributed by atoms with Crippen LogP contribution in [0.25, 0.3) is 6.08 Å². The van der Waals surface area contributed by atoms with Crippen LogP contribution in [0.1, 0.15) is 29.8 Å². The number of aromatic hydroxyl groups is 1. The van der Waals surface area contributed by atoms with Crippen molar-refractivity contribution < 1.29 is 24.5 Å². The summed E-state index contributed by atoms with van der Waals surface area (Å²) in [5, 5.41) is 21.0. The third-order valence-corrected chi connectivity index (χ3v) is 3.15. The second kappa shape index (κ2) is 8.01. The molecule has 130 valence electrons. The molecular weight excluding hydrogens is 322 g/mol. The highest BCUT2D eigenvalue weighted by atomic mass is 16.5. The maximum atomic E-state index is 12.0. The molecule has 0 unspecified atom stereocenters. The molecule has 2 rings (SSSR count). The Morgan fingerprint density at radius 2 is 1.92 bits per heavy atom. The van der Waals surface area contributed by atoms with Crippen LogP contribution in [0.4, 0.5) is 5.69 Å². The number of anilines is 1. The van der Waals surface area contributed by atoms with Gasteiger partial charge >= 0.3 is 5.97 Å². The van der Waals surface area contributed by atoms with Crippen molar-refractivity contribution in [3.8, 4) is 11.5 Å². The number of phenols is 1. The number of amides is 1. The summed E-state index contributed by atoms with van der Waals surface area (Å²) in [4.78, 5) is 23.0. The number of nitrogens with one attached hydrogen (secondary N) is 1. The van der Waals surface area contributed by atoms with Gasteiger partial charge in [-0.2, -0.15) is 0 Å². The van der Waals surface area contributed by atoms with E-state index in [0.29, 0.717) is 5.75 Å². The molecule has 2 aromatic carbocycles. The van der Waals surface area contributed by atoms with Crippen molar-refractivity contribution in [1.29, 1.82) is 0 Å². The third kappa shape index (κ3) is 5.39. The van der Waals surface area contributed by atoms with E-state index in [1.54, 1.807) is 6.08 Å². The van der Waals surface area contributed by atoms with Crippen LogP contribution in [0.5, 0.6) is 11.5 Å². The van der Waals surface area contributed by atoms with Crippen molar-refractivity contribution in [2.24, 2.45) is 0 Å². The summed E-state index contributed by atoms with van der Waals surface area (Å²) in [6, 6.07) is 11.1. The highest BCUT2D eigenvalue weighted by Gasteiger charge is 2.10. The molecule has 0 radical (unpaired) electrons. The first-order valence-electron chi connectivity index (χ1n) is 7.67. The maximum Gasteiger partial charge on any atom is 0.339 e. The van der Waals surface area contributed by atoms with Crippen molar-refractivity contribution >= 4 is 23.6 Å². The van der Waals surface area contributed by atoms with Crippen LogP contribution in [0.3, 0.4) is 0 Å². The van der Waals surface area contributed by atoms with E-state index in [0.717, 1.165) is 5.56 Å². The van der Waals surface area contributed by atoms with E-state index in [2.05, 4.69) is 5.32 Å². The number of hydrogen-bond donors (Lipinski definition) is 3. The summed E-state index contributed by atoms with van der Waals surface area (Å²) in [5.74, 6) is -1.34. The number of carboxylic acid groups (broad SMARTS) is 1. The molecule has 1 amide bonds. The lowest BCUT2D eigenvalue weighted by molar-refractivity contribution is -0.111. The zero-order valence-electron chi connectivity index (χ0n) is 13.9. The van der Waals surface area contributed by atoms with E-state index in [4.69, 9.17) is 9.84 Å². The molecule has 0 fully saturated rings. The molecule has 0 aromatic heterocycles. The molecule has 6 heteroatoms. The van der Waals surface area contributed by atoms with Gasteiger partial charge in [0.25, 0.3) is 0 Å². The van der Waals surface area contributed by atoms with E-state index in [-0.39, 0.29) is 23.1 Å². The largest absolute Gasteiger partial charge is 0.507 e. The Balaban J connectivity index is 2.06. The van der Waals surface area contributed by atoms with Crippen molar-refractivity contribution in [2.75, 3.05) is 5.32 Å². The molecule has 0 aliphatic heterocycles. The monoisotopic (exact) mass is 341 g/mol. The molecule has 0 atom stereocenters. The Kier molecular flexibility index (Phi) is 5.79. The van der Waals surface area contributed by atoms with Crippen molar-refractivity contribution in [3.63, 3.8) is 0 Å². The van der Waals surface area contributed by atoms with Gasteiger partial charge in [0, 0.05) is 11.8 Å². The molecule has 0 aliphatic carbocycles. The summed E-state index contributed by atoms with van der Waals surface area (Å²) >= 11 is 0. The average molecular weight is 341 g/mol. The number of ether oxygens (including phenoxy) is 1. The van der Waals surface area contributed by atoms with E-state index < -0.39 is 11.9 Å². The number of hydrogen-bond acceptors (Lipinski definition) is 4.